The van der Waals surface area contributed by atoms with Gasteiger partial charge in [0.1, 0.15) is 11.4 Å². The van der Waals surface area contributed by atoms with Crippen LogP contribution in [0, 0.1) is 6.92 Å². The lowest BCUT2D eigenvalue weighted by molar-refractivity contribution is 0.0946. The molecule has 1 amide bonds. The largest absolute Gasteiger partial charge is 0.497 e. The summed E-state index contributed by atoms with van der Waals surface area (Å²) in [6.45, 7) is 2.32. The number of amides is 1. The Kier molecular flexibility index (Phi) is 5.74. The van der Waals surface area contributed by atoms with Crippen LogP contribution in [0.25, 0.3) is 28.0 Å². The van der Waals surface area contributed by atoms with E-state index in [2.05, 4.69) is 10.3 Å². The highest BCUT2D eigenvalue weighted by Crippen LogP contribution is 2.31. The summed E-state index contributed by atoms with van der Waals surface area (Å²) in [4.78, 5) is 22.0. The number of carbonyl (C=O) groups excluding carboxylic acids is 1. The van der Waals surface area contributed by atoms with Crippen molar-refractivity contribution in [1.29, 1.82) is 0 Å². The minimum atomic E-state index is -0.265. The number of methoxy groups -OCH3 is 1. The zero-order chi connectivity index (χ0) is 23.5. The molecular weight excluding hydrogens is 426 g/mol. The van der Waals surface area contributed by atoms with E-state index >= 15 is 0 Å². The first-order valence-electron chi connectivity index (χ1n) is 10.9. The van der Waals surface area contributed by atoms with Crippen LogP contribution in [0.5, 0.6) is 5.75 Å². The summed E-state index contributed by atoms with van der Waals surface area (Å²) in [7, 11) is 1.63. The van der Waals surface area contributed by atoms with Crippen molar-refractivity contribution in [3.8, 4) is 28.1 Å². The van der Waals surface area contributed by atoms with E-state index in [1.54, 1.807) is 30.1 Å². The zero-order valence-electron chi connectivity index (χ0n) is 18.9. The Balaban J connectivity index is 1.64. The van der Waals surface area contributed by atoms with Gasteiger partial charge in [0.25, 0.3) is 5.91 Å². The maximum atomic E-state index is 13.2. The van der Waals surface area contributed by atoms with E-state index < -0.39 is 0 Å². The van der Waals surface area contributed by atoms with E-state index in [0.29, 0.717) is 17.9 Å². The summed E-state index contributed by atoms with van der Waals surface area (Å²) < 4.78 is 7.11. The predicted octanol–water partition coefficient (Wildman–Crippen LogP) is 4.71. The molecule has 0 aliphatic heterocycles. The molecule has 1 N–H and O–H groups in total. The first kappa shape index (κ1) is 21.3. The number of hydrogen-bond acceptors (Lipinski definition) is 5. The highest BCUT2D eigenvalue weighted by atomic mass is 16.5. The molecule has 7 nitrogen and oxygen atoms in total. The number of carbonyl (C=O) groups is 1. The van der Waals surface area contributed by atoms with Gasteiger partial charge in [0.05, 0.1) is 18.5 Å². The van der Waals surface area contributed by atoms with Gasteiger partial charge in [-0.1, -0.05) is 36.4 Å². The fraction of sp³-hybridized carbons (Fsp3) is 0.111. The molecule has 3 aromatic heterocycles. The molecule has 0 atom stereocenters. The van der Waals surface area contributed by atoms with Crippen LogP contribution in [-0.2, 0) is 6.54 Å². The maximum absolute atomic E-state index is 13.2. The zero-order valence-corrected chi connectivity index (χ0v) is 18.9. The summed E-state index contributed by atoms with van der Waals surface area (Å²) in [5, 5.41) is 7.74. The molecule has 5 aromatic rings. The average Bonchev–Trinajstić information content (AvgIpc) is 3.23. The highest BCUT2D eigenvalue weighted by molar-refractivity contribution is 5.95. The Morgan fingerprint density at radius 2 is 1.79 bits per heavy atom. The first-order valence-corrected chi connectivity index (χ1v) is 10.9. The number of ether oxygens (including phenoxy) is 1. The van der Waals surface area contributed by atoms with Crippen molar-refractivity contribution in [2.45, 2.75) is 13.5 Å². The van der Waals surface area contributed by atoms with Crippen LogP contribution in [0.3, 0.4) is 0 Å². The monoisotopic (exact) mass is 449 g/mol. The molecule has 34 heavy (non-hydrogen) atoms. The van der Waals surface area contributed by atoms with Gasteiger partial charge in [-0.05, 0) is 54.4 Å². The Morgan fingerprint density at radius 1 is 1.00 bits per heavy atom. The van der Waals surface area contributed by atoms with Gasteiger partial charge in [-0.3, -0.25) is 9.78 Å². The van der Waals surface area contributed by atoms with Gasteiger partial charge in [0.15, 0.2) is 5.65 Å². The minimum absolute atomic E-state index is 0.265. The maximum Gasteiger partial charge on any atom is 0.270 e. The average molecular weight is 450 g/mol. The van der Waals surface area contributed by atoms with Gasteiger partial charge in [-0.2, -0.15) is 5.10 Å². The van der Waals surface area contributed by atoms with Crippen molar-refractivity contribution in [2.75, 3.05) is 7.11 Å². The number of aryl methyl sites for hydroxylation is 1. The second kappa shape index (κ2) is 9.15. The van der Waals surface area contributed by atoms with E-state index in [0.717, 1.165) is 39.4 Å². The van der Waals surface area contributed by atoms with Crippen molar-refractivity contribution in [1.82, 2.24) is 24.9 Å². The van der Waals surface area contributed by atoms with Gasteiger partial charge in [0.2, 0.25) is 0 Å². The number of nitrogens with one attached hydrogen (secondary N) is 1. The molecule has 0 unspecified atom stereocenters. The highest BCUT2D eigenvalue weighted by Gasteiger charge is 2.20. The van der Waals surface area contributed by atoms with E-state index in [-0.39, 0.29) is 5.91 Å². The van der Waals surface area contributed by atoms with E-state index in [9.17, 15) is 4.79 Å². The van der Waals surface area contributed by atoms with Crippen LogP contribution >= 0.6 is 0 Å². The third-order valence-corrected chi connectivity index (χ3v) is 5.62. The van der Waals surface area contributed by atoms with Crippen molar-refractivity contribution in [3.05, 3.63) is 102 Å². The second-order valence-corrected chi connectivity index (χ2v) is 7.86. The molecule has 0 bridgehead atoms. The quantitative estimate of drug-likeness (QED) is 0.406. The number of benzene rings is 2. The molecular formula is C27H23N5O2. The third kappa shape index (κ3) is 4.11. The molecule has 7 heteroatoms. The van der Waals surface area contributed by atoms with Crippen molar-refractivity contribution in [2.24, 2.45) is 0 Å². The molecule has 0 spiro atoms. The van der Waals surface area contributed by atoms with Crippen molar-refractivity contribution in [3.63, 3.8) is 0 Å². The van der Waals surface area contributed by atoms with Crippen LogP contribution in [-0.4, -0.2) is 32.6 Å². The molecule has 0 saturated carbocycles. The topological polar surface area (TPSA) is 81.4 Å². The summed E-state index contributed by atoms with van der Waals surface area (Å²) in [6, 6.07) is 23.2. The number of hydrogen-bond donors (Lipinski definition) is 1. The smallest absolute Gasteiger partial charge is 0.270 e. The standard InChI is InChI=1S/C27H23N5O2/c1-18-25(21-8-4-3-5-9-21)26-30-23(27(33)29-17-19-7-6-14-28-16-19)15-24(32(26)31-18)20-10-12-22(34-2)13-11-20/h3-16H,17H2,1-2H3,(H,29,33). The lowest BCUT2D eigenvalue weighted by atomic mass is 10.1. The summed E-state index contributed by atoms with van der Waals surface area (Å²) in [5.41, 5.74) is 6.26. The first-order chi connectivity index (χ1) is 16.6. The molecule has 168 valence electrons. The van der Waals surface area contributed by atoms with E-state index in [1.807, 2.05) is 73.7 Å². The Morgan fingerprint density at radius 3 is 2.50 bits per heavy atom. The van der Waals surface area contributed by atoms with Gasteiger partial charge >= 0.3 is 0 Å². The molecule has 5 rings (SSSR count). The SMILES string of the molecule is COc1ccc(-c2cc(C(=O)NCc3cccnc3)nc3c(-c4ccccc4)c(C)nn23)cc1. The van der Waals surface area contributed by atoms with Gasteiger partial charge in [-0.25, -0.2) is 9.50 Å². The Bertz CT molecular complexity index is 1450. The number of nitrogens with zero attached hydrogens (tertiary/aromatic N) is 4. The Labute approximate surface area is 197 Å². The van der Waals surface area contributed by atoms with Crippen LogP contribution in [0.1, 0.15) is 21.7 Å². The van der Waals surface area contributed by atoms with Crippen LogP contribution in [0.15, 0.2) is 85.2 Å². The summed E-state index contributed by atoms with van der Waals surface area (Å²) >= 11 is 0. The number of fused-ring (bicyclic) bond motifs is 1. The molecule has 3 heterocycles. The number of aromatic nitrogens is 4. The molecule has 0 aliphatic carbocycles. The fourth-order valence-electron chi connectivity index (χ4n) is 3.93. The van der Waals surface area contributed by atoms with Gasteiger partial charge < -0.3 is 10.1 Å². The van der Waals surface area contributed by atoms with Crippen LogP contribution in [0.4, 0.5) is 0 Å². The summed E-state index contributed by atoms with van der Waals surface area (Å²) in [6.07, 6.45) is 3.43. The molecule has 0 radical (unpaired) electrons. The predicted molar refractivity (Wildman–Crippen MR) is 131 cm³/mol. The number of rotatable bonds is 6. The minimum Gasteiger partial charge on any atom is -0.497 e. The molecule has 0 aliphatic rings. The Hall–Kier alpha value is -4.52. The fourth-order valence-corrected chi connectivity index (χ4v) is 3.93. The third-order valence-electron chi connectivity index (χ3n) is 5.62. The van der Waals surface area contributed by atoms with Gasteiger partial charge in [0, 0.05) is 30.1 Å². The lowest BCUT2D eigenvalue weighted by Gasteiger charge is -2.10. The number of pyridine rings is 1. The van der Waals surface area contributed by atoms with Crippen LogP contribution < -0.4 is 10.1 Å². The molecule has 0 fully saturated rings. The van der Waals surface area contributed by atoms with E-state index in [4.69, 9.17) is 14.8 Å². The van der Waals surface area contributed by atoms with Crippen molar-refractivity contribution >= 4 is 11.6 Å². The molecule has 0 saturated heterocycles. The second-order valence-electron chi connectivity index (χ2n) is 7.86. The normalized spacial score (nSPS) is 10.9. The van der Waals surface area contributed by atoms with Crippen LogP contribution in [0.2, 0.25) is 0 Å². The summed E-state index contributed by atoms with van der Waals surface area (Å²) in [5.74, 6) is 0.490. The van der Waals surface area contributed by atoms with Gasteiger partial charge in [-0.15, -0.1) is 0 Å². The van der Waals surface area contributed by atoms with E-state index in [1.165, 1.54) is 0 Å². The molecule has 2 aromatic carbocycles. The lowest BCUT2D eigenvalue weighted by Crippen LogP contribution is -2.24. The van der Waals surface area contributed by atoms with Crippen molar-refractivity contribution < 1.29 is 9.53 Å².